The fourth-order valence-electron chi connectivity index (χ4n) is 3.93. The molecule has 5 rings (SSSR count). The van der Waals surface area contributed by atoms with Gasteiger partial charge in [0.15, 0.2) is 5.76 Å². The van der Waals surface area contributed by atoms with Crippen LogP contribution in [0.5, 0.6) is 5.88 Å². The van der Waals surface area contributed by atoms with Crippen molar-refractivity contribution < 1.29 is 14.3 Å². The predicted molar refractivity (Wildman–Crippen MR) is 117 cm³/mol. The van der Waals surface area contributed by atoms with E-state index in [4.69, 9.17) is 16.0 Å². The third-order valence-electron chi connectivity index (χ3n) is 5.51. The van der Waals surface area contributed by atoms with Gasteiger partial charge in [0, 0.05) is 38.1 Å². The van der Waals surface area contributed by atoms with E-state index in [0.29, 0.717) is 52.6 Å². The Hall–Kier alpha value is -2.88. The van der Waals surface area contributed by atoms with Gasteiger partial charge in [0.2, 0.25) is 22.6 Å². The van der Waals surface area contributed by atoms with Gasteiger partial charge in [-0.05, 0) is 23.8 Å². The molecule has 0 saturated carbocycles. The van der Waals surface area contributed by atoms with Crippen molar-refractivity contribution in [1.82, 2.24) is 24.4 Å². The molecule has 31 heavy (non-hydrogen) atoms. The van der Waals surface area contributed by atoms with Gasteiger partial charge in [0.25, 0.3) is 0 Å². The van der Waals surface area contributed by atoms with Crippen LogP contribution in [0.4, 0.5) is 0 Å². The van der Waals surface area contributed by atoms with Gasteiger partial charge in [0.05, 0.1) is 17.2 Å². The van der Waals surface area contributed by atoms with Crippen LogP contribution in [0.3, 0.4) is 0 Å². The molecule has 4 heterocycles. The molecule has 3 aromatic heterocycles. The molecule has 1 fully saturated rings. The van der Waals surface area contributed by atoms with Crippen molar-refractivity contribution in [1.29, 1.82) is 0 Å². The minimum absolute atomic E-state index is 0.0317. The molecule has 4 aromatic rings. The molecule has 1 saturated heterocycles. The molecule has 1 aromatic carbocycles. The smallest absolute Gasteiger partial charge is 0.230 e. The number of halogens is 1. The lowest BCUT2D eigenvalue weighted by Crippen LogP contribution is -2.49. The Labute approximate surface area is 187 Å². The number of aromatic nitrogens is 3. The zero-order valence-electron chi connectivity index (χ0n) is 16.7. The van der Waals surface area contributed by atoms with Gasteiger partial charge < -0.3 is 14.4 Å². The second-order valence-electron chi connectivity index (χ2n) is 7.36. The number of rotatable bonds is 4. The average Bonchev–Trinajstić information content (AvgIpc) is 3.49. The van der Waals surface area contributed by atoms with Crippen LogP contribution in [0, 0.1) is 0 Å². The highest BCUT2D eigenvalue weighted by molar-refractivity contribution is 7.17. The summed E-state index contributed by atoms with van der Waals surface area (Å²) in [6, 6.07) is 10.9. The first kappa shape index (κ1) is 20.0. The summed E-state index contributed by atoms with van der Waals surface area (Å²) >= 11 is 7.94. The molecule has 10 heteroatoms. The quantitative estimate of drug-likeness (QED) is 0.503. The molecule has 1 aliphatic rings. The van der Waals surface area contributed by atoms with Gasteiger partial charge in [-0.15, -0.1) is 5.10 Å². The summed E-state index contributed by atoms with van der Waals surface area (Å²) in [7, 11) is 0. The zero-order valence-corrected chi connectivity index (χ0v) is 18.3. The third-order valence-corrected chi connectivity index (χ3v) is 6.93. The van der Waals surface area contributed by atoms with Crippen molar-refractivity contribution >= 4 is 33.8 Å². The fourth-order valence-corrected chi connectivity index (χ4v) is 5.28. The first-order valence-electron chi connectivity index (χ1n) is 9.89. The molecule has 160 valence electrons. The number of hydrogen-bond donors (Lipinski definition) is 1. The highest BCUT2D eigenvalue weighted by atomic mass is 35.5. The largest absolute Gasteiger partial charge is 0.492 e. The Morgan fingerprint density at radius 3 is 2.61 bits per heavy atom. The number of aromatic hydroxyl groups is 1. The second kappa shape index (κ2) is 7.99. The number of carbonyl (C=O) groups excluding carboxylic acids is 1. The summed E-state index contributed by atoms with van der Waals surface area (Å²) in [6.45, 7) is 4.17. The SMILES string of the molecule is CC(=O)N1CCN(C(c2ccccc2Cl)c2sc3nc(-c4ccco4)nn3c2O)CC1. The van der Waals surface area contributed by atoms with Crippen LogP contribution >= 0.6 is 22.9 Å². The van der Waals surface area contributed by atoms with E-state index in [1.54, 1.807) is 25.3 Å². The maximum Gasteiger partial charge on any atom is 0.230 e. The molecule has 1 atom stereocenters. The monoisotopic (exact) mass is 457 g/mol. The summed E-state index contributed by atoms with van der Waals surface area (Å²) in [5.74, 6) is 1.06. The van der Waals surface area contributed by atoms with Gasteiger partial charge in [-0.3, -0.25) is 9.69 Å². The van der Waals surface area contributed by atoms with E-state index in [1.165, 1.54) is 15.9 Å². The summed E-state index contributed by atoms with van der Waals surface area (Å²) in [5.41, 5.74) is 0.895. The Kier molecular flexibility index (Phi) is 5.17. The molecule has 1 amide bonds. The lowest BCUT2D eigenvalue weighted by Gasteiger charge is -2.39. The standard InChI is InChI=1S/C21H20ClN5O3S/c1-13(28)25-8-10-26(11-9-25)17(14-5-2-3-6-15(14)22)18-20(29)27-21(31-18)23-19(24-27)16-7-4-12-30-16/h2-7,12,17,29H,8-11H2,1H3. The van der Waals surface area contributed by atoms with Gasteiger partial charge in [-0.1, -0.05) is 41.1 Å². The van der Waals surface area contributed by atoms with Crippen LogP contribution in [-0.2, 0) is 4.79 Å². The molecule has 0 bridgehead atoms. The number of amides is 1. The molecule has 1 aliphatic heterocycles. The summed E-state index contributed by atoms with van der Waals surface area (Å²) in [4.78, 5) is 21.6. The van der Waals surface area contributed by atoms with E-state index >= 15 is 0 Å². The maximum absolute atomic E-state index is 11.8. The summed E-state index contributed by atoms with van der Waals surface area (Å²) in [6.07, 6.45) is 1.56. The average molecular weight is 458 g/mol. The summed E-state index contributed by atoms with van der Waals surface area (Å²) in [5, 5.41) is 16.1. The minimum atomic E-state index is -0.275. The third kappa shape index (κ3) is 3.58. The van der Waals surface area contributed by atoms with Crippen molar-refractivity contribution in [2.75, 3.05) is 26.2 Å². The highest BCUT2D eigenvalue weighted by Crippen LogP contribution is 2.42. The number of piperazine rings is 1. The van der Waals surface area contributed by atoms with Crippen molar-refractivity contribution in [3.63, 3.8) is 0 Å². The Morgan fingerprint density at radius 2 is 1.97 bits per heavy atom. The van der Waals surface area contributed by atoms with Crippen LogP contribution in [0.15, 0.2) is 47.1 Å². The van der Waals surface area contributed by atoms with Gasteiger partial charge >= 0.3 is 0 Å². The van der Waals surface area contributed by atoms with E-state index in [1.807, 2.05) is 29.2 Å². The molecule has 8 nitrogen and oxygen atoms in total. The topological polar surface area (TPSA) is 87.1 Å². The molecule has 0 spiro atoms. The van der Waals surface area contributed by atoms with Crippen LogP contribution in [0.25, 0.3) is 16.5 Å². The van der Waals surface area contributed by atoms with Crippen LogP contribution in [0.1, 0.15) is 23.4 Å². The number of carbonyl (C=O) groups is 1. The van der Waals surface area contributed by atoms with E-state index in [0.717, 1.165) is 5.56 Å². The van der Waals surface area contributed by atoms with Gasteiger partial charge in [-0.2, -0.15) is 9.50 Å². The van der Waals surface area contributed by atoms with Crippen molar-refractivity contribution in [2.45, 2.75) is 13.0 Å². The van der Waals surface area contributed by atoms with Crippen molar-refractivity contribution in [3.05, 3.63) is 58.1 Å². The predicted octanol–water partition coefficient (Wildman–Crippen LogP) is 3.66. The number of fused-ring (bicyclic) bond motifs is 1. The van der Waals surface area contributed by atoms with Crippen molar-refractivity contribution in [3.8, 4) is 17.5 Å². The number of thiazole rings is 1. The van der Waals surface area contributed by atoms with E-state index in [9.17, 15) is 9.90 Å². The molecule has 1 N–H and O–H groups in total. The molecule has 1 unspecified atom stereocenters. The first-order valence-corrected chi connectivity index (χ1v) is 11.1. The lowest BCUT2D eigenvalue weighted by atomic mass is 10.0. The highest BCUT2D eigenvalue weighted by Gasteiger charge is 2.33. The Morgan fingerprint density at radius 1 is 1.19 bits per heavy atom. The van der Waals surface area contributed by atoms with Gasteiger partial charge in [-0.25, -0.2) is 0 Å². The number of benzene rings is 1. The molecular formula is C21H20ClN5O3S. The molecular weight excluding hydrogens is 438 g/mol. The normalized spacial score (nSPS) is 16.1. The zero-order chi connectivity index (χ0) is 21.5. The number of hydrogen-bond acceptors (Lipinski definition) is 7. The summed E-state index contributed by atoms with van der Waals surface area (Å²) < 4.78 is 6.81. The van der Waals surface area contributed by atoms with E-state index in [-0.39, 0.29) is 17.8 Å². The van der Waals surface area contributed by atoms with Crippen LogP contribution in [0.2, 0.25) is 5.02 Å². The Balaban J connectivity index is 1.56. The fraction of sp³-hybridized carbons (Fsp3) is 0.286. The molecule has 0 radical (unpaired) electrons. The lowest BCUT2D eigenvalue weighted by molar-refractivity contribution is -0.130. The molecule has 0 aliphatic carbocycles. The Bertz CT molecular complexity index is 1230. The van der Waals surface area contributed by atoms with E-state index in [2.05, 4.69) is 15.0 Å². The minimum Gasteiger partial charge on any atom is -0.492 e. The number of furan rings is 1. The van der Waals surface area contributed by atoms with Crippen molar-refractivity contribution in [2.24, 2.45) is 0 Å². The second-order valence-corrected chi connectivity index (χ2v) is 8.78. The van der Waals surface area contributed by atoms with Crippen LogP contribution < -0.4 is 0 Å². The maximum atomic E-state index is 11.8. The number of nitrogens with zero attached hydrogens (tertiary/aromatic N) is 5. The van der Waals surface area contributed by atoms with Gasteiger partial charge in [0.1, 0.15) is 0 Å². The first-order chi connectivity index (χ1) is 15.0. The van der Waals surface area contributed by atoms with E-state index < -0.39 is 0 Å². The van der Waals surface area contributed by atoms with Crippen LogP contribution in [-0.4, -0.2) is 61.6 Å².